The minimum Gasteiger partial charge on any atom is -0.456 e. The Bertz CT molecular complexity index is 658. The average Bonchev–Trinajstić information content (AvgIpc) is 2.47. The zero-order chi connectivity index (χ0) is 15.4. The first kappa shape index (κ1) is 15.0. The molecule has 0 aromatic heterocycles. The summed E-state index contributed by atoms with van der Waals surface area (Å²) < 4.78 is 19.8. The van der Waals surface area contributed by atoms with Gasteiger partial charge in [0.15, 0.2) is 0 Å². The summed E-state index contributed by atoms with van der Waals surface area (Å²) in [6.45, 7) is 1.82. The largest absolute Gasteiger partial charge is 0.456 e. The highest BCUT2D eigenvalue weighted by molar-refractivity contribution is 5.95. The number of hydrogen-bond donors (Lipinski definition) is 2. The number of nitrogens with two attached hydrogens (primary N) is 1. The second-order valence-electron chi connectivity index (χ2n) is 4.62. The van der Waals surface area contributed by atoms with E-state index in [1.165, 1.54) is 6.07 Å². The lowest BCUT2D eigenvalue weighted by Gasteiger charge is -2.18. The summed E-state index contributed by atoms with van der Waals surface area (Å²) in [6.07, 6.45) is 0. The summed E-state index contributed by atoms with van der Waals surface area (Å²) in [5, 5.41) is 2.97. The van der Waals surface area contributed by atoms with Crippen molar-refractivity contribution < 1.29 is 13.9 Å². The van der Waals surface area contributed by atoms with Gasteiger partial charge in [-0.1, -0.05) is 18.2 Å². The van der Waals surface area contributed by atoms with Gasteiger partial charge in [-0.15, -0.1) is 0 Å². The predicted molar refractivity (Wildman–Crippen MR) is 78.9 cm³/mol. The maximum atomic E-state index is 14.0. The van der Waals surface area contributed by atoms with Crippen molar-refractivity contribution in [1.29, 1.82) is 0 Å². The van der Waals surface area contributed by atoms with Crippen molar-refractivity contribution in [3.8, 4) is 11.5 Å². The number of benzene rings is 2. The number of carbonyl (C=O) groups excluding carboxylic acids is 1. The summed E-state index contributed by atoms with van der Waals surface area (Å²) >= 11 is 0. The molecule has 0 fully saturated rings. The fourth-order valence-electron chi connectivity index (χ4n) is 2.05. The molecule has 0 radical (unpaired) electrons. The number of primary amides is 1. The maximum absolute atomic E-state index is 14.0. The molecule has 0 aliphatic carbocycles. The first-order chi connectivity index (χ1) is 10.0. The van der Waals surface area contributed by atoms with E-state index in [9.17, 15) is 9.18 Å². The lowest BCUT2D eigenvalue weighted by molar-refractivity contribution is 0.0998. The quantitative estimate of drug-likeness (QED) is 0.889. The number of hydrogen-bond acceptors (Lipinski definition) is 3. The lowest BCUT2D eigenvalue weighted by Crippen LogP contribution is -2.16. The average molecular weight is 288 g/mol. The van der Waals surface area contributed by atoms with Crippen molar-refractivity contribution in [3.05, 3.63) is 59.4 Å². The van der Waals surface area contributed by atoms with Crippen LogP contribution in [0.3, 0.4) is 0 Å². The zero-order valence-electron chi connectivity index (χ0n) is 11.9. The van der Waals surface area contributed by atoms with Crippen LogP contribution in [-0.4, -0.2) is 13.0 Å². The Balaban J connectivity index is 2.45. The second kappa shape index (κ2) is 6.37. The normalized spacial score (nSPS) is 12.0. The van der Waals surface area contributed by atoms with Crippen molar-refractivity contribution >= 4 is 5.91 Å². The standard InChI is InChI=1S/C16H17FN2O2/c1-10(19-2)15-12(17)7-5-9-14(15)21-13-8-4-3-6-11(13)16(18)20/h3-10,19H,1-2H3,(H2,18,20). The molecule has 21 heavy (non-hydrogen) atoms. The number of ether oxygens (including phenoxy) is 1. The van der Waals surface area contributed by atoms with Crippen molar-refractivity contribution in [2.24, 2.45) is 5.73 Å². The maximum Gasteiger partial charge on any atom is 0.252 e. The summed E-state index contributed by atoms with van der Waals surface area (Å²) in [5.74, 6) is -0.304. The topological polar surface area (TPSA) is 64.3 Å². The molecule has 0 heterocycles. The molecule has 0 spiro atoms. The van der Waals surface area contributed by atoms with Crippen LogP contribution < -0.4 is 15.8 Å². The van der Waals surface area contributed by atoms with Crippen LogP contribution in [-0.2, 0) is 0 Å². The Morgan fingerprint density at radius 1 is 1.19 bits per heavy atom. The van der Waals surface area contributed by atoms with Gasteiger partial charge in [-0.2, -0.15) is 0 Å². The Morgan fingerprint density at radius 3 is 2.52 bits per heavy atom. The van der Waals surface area contributed by atoms with E-state index in [-0.39, 0.29) is 17.4 Å². The molecule has 1 amide bonds. The van der Waals surface area contributed by atoms with E-state index >= 15 is 0 Å². The van der Waals surface area contributed by atoms with Crippen LogP contribution >= 0.6 is 0 Å². The smallest absolute Gasteiger partial charge is 0.252 e. The fraction of sp³-hybridized carbons (Fsp3) is 0.188. The second-order valence-corrected chi connectivity index (χ2v) is 4.62. The molecular weight excluding hydrogens is 271 g/mol. The van der Waals surface area contributed by atoms with Crippen LogP contribution in [0, 0.1) is 5.82 Å². The SMILES string of the molecule is CNC(C)c1c(F)cccc1Oc1ccccc1C(N)=O. The highest BCUT2D eigenvalue weighted by Crippen LogP contribution is 2.32. The zero-order valence-corrected chi connectivity index (χ0v) is 11.9. The van der Waals surface area contributed by atoms with Gasteiger partial charge in [0.05, 0.1) is 5.56 Å². The van der Waals surface area contributed by atoms with Crippen molar-refractivity contribution in [2.75, 3.05) is 7.05 Å². The van der Waals surface area contributed by atoms with Crippen molar-refractivity contribution in [1.82, 2.24) is 5.32 Å². The predicted octanol–water partition coefficient (Wildman–Crippen LogP) is 3.00. The van der Waals surface area contributed by atoms with Gasteiger partial charge >= 0.3 is 0 Å². The van der Waals surface area contributed by atoms with Gasteiger partial charge in [-0.3, -0.25) is 4.79 Å². The molecule has 5 heteroatoms. The van der Waals surface area contributed by atoms with Gasteiger partial charge in [-0.05, 0) is 38.2 Å². The van der Waals surface area contributed by atoms with E-state index in [0.29, 0.717) is 17.1 Å². The monoisotopic (exact) mass is 288 g/mol. The van der Waals surface area contributed by atoms with E-state index in [2.05, 4.69) is 5.32 Å². The molecule has 0 aliphatic rings. The number of rotatable bonds is 5. The van der Waals surface area contributed by atoms with Gasteiger partial charge in [-0.25, -0.2) is 4.39 Å². The summed E-state index contributed by atoms with van der Waals surface area (Å²) in [5.41, 5.74) is 5.97. The van der Waals surface area contributed by atoms with Crippen LogP contribution in [0.2, 0.25) is 0 Å². The summed E-state index contributed by atoms with van der Waals surface area (Å²) in [4.78, 5) is 11.4. The number of halogens is 1. The van der Waals surface area contributed by atoms with E-state index in [1.807, 2.05) is 6.92 Å². The third-order valence-corrected chi connectivity index (χ3v) is 3.25. The third-order valence-electron chi connectivity index (χ3n) is 3.25. The highest BCUT2D eigenvalue weighted by atomic mass is 19.1. The van der Waals surface area contributed by atoms with Crippen LogP contribution in [0.25, 0.3) is 0 Å². The first-order valence-corrected chi connectivity index (χ1v) is 6.57. The summed E-state index contributed by atoms with van der Waals surface area (Å²) in [7, 11) is 1.73. The molecule has 4 nitrogen and oxygen atoms in total. The number of nitrogens with one attached hydrogen (secondary N) is 1. The molecule has 2 rings (SSSR count). The summed E-state index contributed by atoms with van der Waals surface area (Å²) in [6, 6.07) is 11.0. The molecule has 0 saturated heterocycles. The molecule has 3 N–H and O–H groups in total. The van der Waals surface area contributed by atoms with Gasteiger partial charge in [0.2, 0.25) is 0 Å². The highest BCUT2D eigenvalue weighted by Gasteiger charge is 2.17. The first-order valence-electron chi connectivity index (χ1n) is 6.57. The lowest BCUT2D eigenvalue weighted by atomic mass is 10.1. The Labute approximate surface area is 122 Å². The molecular formula is C16H17FN2O2. The Hall–Kier alpha value is -2.40. The molecule has 0 aliphatic heterocycles. The van der Waals surface area contributed by atoms with E-state index in [0.717, 1.165) is 0 Å². The molecule has 0 bridgehead atoms. The molecule has 110 valence electrons. The third kappa shape index (κ3) is 3.20. The molecule has 1 unspecified atom stereocenters. The van der Waals surface area contributed by atoms with Crippen LogP contribution in [0.1, 0.15) is 28.9 Å². The van der Waals surface area contributed by atoms with Crippen molar-refractivity contribution in [2.45, 2.75) is 13.0 Å². The minimum atomic E-state index is -0.592. The van der Waals surface area contributed by atoms with Crippen molar-refractivity contribution in [3.63, 3.8) is 0 Å². The fourth-order valence-corrected chi connectivity index (χ4v) is 2.05. The van der Waals surface area contributed by atoms with Crippen LogP contribution in [0.15, 0.2) is 42.5 Å². The van der Waals surface area contributed by atoms with Gasteiger partial charge in [0.1, 0.15) is 17.3 Å². The minimum absolute atomic E-state index is 0.234. The Morgan fingerprint density at radius 2 is 1.86 bits per heavy atom. The van der Waals surface area contributed by atoms with Gasteiger partial charge in [0.25, 0.3) is 5.91 Å². The van der Waals surface area contributed by atoms with E-state index < -0.39 is 5.91 Å². The number of para-hydroxylation sites is 1. The van der Waals surface area contributed by atoms with Crippen LogP contribution in [0.5, 0.6) is 11.5 Å². The Kier molecular flexibility index (Phi) is 4.55. The number of carbonyl (C=O) groups is 1. The molecule has 0 saturated carbocycles. The van der Waals surface area contributed by atoms with Gasteiger partial charge < -0.3 is 15.8 Å². The molecule has 1 atom stereocenters. The number of amides is 1. The molecule has 2 aromatic carbocycles. The van der Waals surface area contributed by atoms with E-state index in [1.54, 1.807) is 43.4 Å². The van der Waals surface area contributed by atoms with E-state index in [4.69, 9.17) is 10.5 Å². The molecule has 2 aromatic rings. The van der Waals surface area contributed by atoms with Gasteiger partial charge in [0, 0.05) is 11.6 Å². The van der Waals surface area contributed by atoms with Crippen LogP contribution in [0.4, 0.5) is 4.39 Å².